The number of nitrogens with one attached hydrogen (secondary N) is 1. The summed E-state index contributed by atoms with van der Waals surface area (Å²) in [5.74, 6) is -0.344. The molecule has 1 aliphatic rings. The summed E-state index contributed by atoms with van der Waals surface area (Å²) in [7, 11) is 1.79. The van der Waals surface area contributed by atoms with Gasteiger partial charge in [0.1, 0.15) is 5.69 Å². The second-order valence-corrected chi connectivity index (χ2v) is 5.33. The van der Waals surface area contributed by atoms with Crippen LogP contribution in [0.25, 0.3) is 0 Å². The normalized spacial score (nSPS) is 23.1. The van der Waals surface area contributed by atoms with Crippen molar-refractivity contribution in [1.29, 1.82) is 0 Å². The number of carbonyl (C=O) groups excluding carboxylic acids is 1. The first-order valence-corrected chi connectivity index (χ1v) is 6.56. The molecule has 2 unspecified atom stereocenters. The molecule has 0 saturated carbocycles. The summed E-state index contributed by atoms with van der Waals surface area (Å²) in [5.41, 5.74) is 0.0731. The van der Waals surface area contributed by atoms with Gasteiger partial charge in [-0.05, 0) is 29.3 Å². The second kappa shape index (κ2) is 5.24. The minimum atomic E-state index is -0.215. The Morgan fingerprint density at radius 2 is 2.28 bits per heavy atom. The Labute approximate surface area is 113 Å². The average molecular weight is 315 g/mol. The van der Waals surface area contributed by atoms with Crippen molar-refractivity contribution >= 4 is 27.5 Å². The maximum Gasteiger partial charge on any atom is 0.230 e. The third-order valence-electron chi connectivity index (χ3n) is 3.08. The highest BCUT2D eigenvalue weighted by molar-refractivity contribution is 9.10. The van der Waals surface area contributed by atoms with Crippen LogP contribution in [0.4, 0.5) is 5.69 Å². The Hall–Kier alpha value is -1.14. The third kappa shape index (κ3) is 2.64. The number of nitrogens with zero attached hydrogens (tertiary/aromatic N) is 1. The van der Waals surface area contributed by atoms with Crippen LogP contribution in [0.3, 0.4) is 0 Å². The fraction of sp³-hybridized carbons (Fsp3) is 0.500. The fourth-order valence-electron chi connectivity index (χ4n) is 2.06. The molecule has 0 spiro atoms. The van der Waals surface area contributed by atoms with Gasteiger partial charge in [0.15, 0.2) is 0 Å². The Morgan fingerprint density at radius 3 is 2.89 bits per heavy atom. The van der Waals surface area contributed by atoms with Gasteiger partial charge < -0.3 is 14.6 Å². The smallest absolute Gasteiger partial charge is 0.230 e. The van der Waals surface area contributed by atoms with Gasteiger partial charge in [-0.1, -0.05) is 0 Å². The van der Waals surface area contributed by atoms with Crippen LogP contribution in [0.2, 0.25) is 0 Å². The van der Waals surface area contributed by atoms with Crippen LogP contribution in [-0.2, 0) is 16.6 Å². The highest BCUT2D eigenvalue weighted by atomic mass is 79.9. The molecule has 18 heavy (non-hydrogen) atoms. The number of aryl methyl sites for hydroxylation is 1. The highest BCUT2D eigenvalue weighted by Crippen LogP contribution is 2.21. The lowest BCUT2D eigenvalue weighted by Crippen LogP contribution is -2.30. The summed E-state index contributed by atoms with van der Waals surface area (Å²) in [6, 6.07) is 0. The highest BCUT2D eigenvalue weighted by Gasteiger charge is 2.31. The van der Waals surface area contributed by atoms with E-state index in [2.05, 4.69) is 21.2 Å². The van der Waals surface area contributed by atoms with E-state index in [1.807, 2.05) is 6.92 Å². The Morgan fingerprint density at radius 1 is 1.56 bits per heavy atom. The molecule has 1 aromatic heterocycles. The van der Waals surface area contributed by atoms with Crippen LogP contribution in [0, 0.1) is 5.92 Å². The van der Waals surface area contributed by atoms with E-state index in [4.69, 9.17) is 4.74 Å². The van der Waals surface area contributed by atoms with Crippen molar-refractivity contribution in [3.8, 4) is 0 Å². The van der Waals surface area contributed by atoms with Gasteiger partial charge in [-0.3, -0.25) is 9.59 Å². The maximum atomic E-state index is 12.0. The van der Waals surface area contributed by atoms with Crippen LogP contribution in [0.5, 0.6) is 0 Å². The summed E-state index contributed by atoms with van der Waals surface area (Å²) < 4.78 is 7.50. The van der Waals surface area contributed by atoms with Crippen molar-refractivity contribution < 1.29 is 9.53 Å². The van der Waals surface area contributed by atoms with E-state index in [0.717, 1.165) is 0 Å². The molecule has 2 heterocycles. The molecule has 0 aliphatic carbocycles. The summed E-state index contributed by atoms with van der Waals surface area (Å²) in [6.45, 7) is 2.46. The van der Waals surface area contributed by atoms with E-state index in [-0.39, 0.29) is 29.0 Å². The van der Waals surface area contributed by atoms with Crippen LogP contribution >= 0.6 is 15.9 Å². The van der Waals surface area contributed by atoms with Crippen LogP contribution in [0.15, 0.2) is 21.7 Å². The second-order valence-electron chi connectivity index (χ2n) is 4.47. The molecule has 1 N–H and O–H groups in total. The zero-order chi connectivity index (χ0) is 13.3. The minimum absolute atomic E-state index is 0.0963. The largest absolute Gasteiger partial charge is 0.378 e. The molecular weight excluding hydrogens is 300 g/mol. The average Bonchev–Trinajstić information content (AvgIpc) is 2.71. The molecule has 0 bridgehead atoms. The quantitative estimate of drug-likeness (QED) is 0.900. The molecule has 98 valence electrons. The van der Waals surface area contributed by atoms with E-state index >= 15 is 0 Å². The number of pyridine rings is 1. The van der Waals surface area contributed by atoms with Crippen molar-refractivity contribution in [1.82, 2.24) is 4.57 Å². The van der Waals surface area contributed by atoms with Gasteiger partial charge >= 0.3 is 0 Å². The lowest BCUT2D eigenvalue weighted by Gasteiger charge is -2.14. The topological polar surface area (TPSA) is 60.3 Å². The predicted octanol–water partition coefficient (Wildman–Crippen LogP) is 1.51. The standard InChI is InChI=1S/C12H15BrN2O3/c1-7-8(3-4-18-7)12(17)14-10-6-15(2)5-9(13)11(10)16/h5-8H,3-4H2,1-2H3,(H,14,17). The van der Waals surface area contributed by atoms with E-state index in [9.17, 15) is 9.59 Å². The number of rotatable bonds is 2. The maximum absolute atomic E-state index is 12.0. The number of amides is 1. The van der Waals surface area contributed by atoms with Crippen molar-refractivity contribution in [3.63, 3.8) is 0 Å². The molecule has 5 nitrogen and oxygen atoms in total. The number of hydrogen-bond donors (Lipinski definition) is 1. The summed E-state index contributed by atoms with van der Waals surface area (Å²) in [5, 5.41) is 2.68. The van der Waals surface area contributed by atoms with E-state index in [1.54, 1.807) is 24.0 Å². The molecule has 0 aromatic carbocycles. The lowest BCUT2D eigenvalue weighted by molar-refractivity contribution is -0.121. The first-order valence-electron chi connectivity index (χ1n) is 5.77. The first kappa shape index (κ1) is 13.3. The molecule has 1 saturated heterocycles. The molecular formula is C12H15BrN2O3. The number of aromatic nitrogens is 1. The molecule has 1 aliphatic heterocycles. The van der Waals surface area contributed by atoms with Crippen LogP contribution in [-0.4, -0.2) is 23.2 Å². The lowest BCUT2D eigenvalue weighted by atomic mass is 10.0. The van der Waals surface area contributed by atoms with Gasteiger partial charge in [0.25, 0.3) is 0 Å². The minimum Gasteiger partial charge on any atom is -0.378 e. The van der Waals surface area contributed by atoms with E-state index < -0.39 is 0 Å². The molecule has 0 radical (unpaired) electrons. The summed E-state index contributed by atoms with van der Waals surface area (Å²) >= 11 is 3.17. The van der Waals surface area contributed by atoms with Crippen molar-refractivity contribution in [2.24, 2.45) is 13.0 Å². The number of ether oxygens (including phenoxy) is 1. The molecule has 6 heteroatoms. The number of halogens is 1. The fourth-order valence-corrected chi connectivity index (χ4v) is 2.59. The van der Waals surface area contributed by atoms with Crippen molar-refractivity contribution in [3.05, 3.63) is 27.1 Å². The Bertz CT molecular complexity index is 527. The van der Waals surface area contributed by atoms with Crippen molar-refractivity contribution in [2.45, 2.75) is 19.4 Å². The molecule has 1 aromatic rings. The predicted molar refractivity (Wildman–Crippen MR) is 71.5 cm³/mol. The van der Waals surface area contributed by atoms with Gasteiger partial charge in [0.2, 0.25) is 11.3 Å². The third-order valence-corrected chi connectivity index (χ3v) is 3.65. The zero-order valence-electron chi connectivity index (χ0n) is 10.3. The molecule has 2 atom stereocenters. The monoisotopic (exact) mass is 314 g/mol. The molecule has 1 amide bonds. The van der Waals surface area contributed by atoms with Gasteiger partial charge in [0, 0.05) is 26.0 Å². The SMILES string of the molecule is CC1OCCC1C(=O)Nc1cn(C)cc(Br)c1=O. The van der Waals surface area contributed by atoms with E-state index in [1.165, 1.54) is 0 Å². The molecule has 2 rings (SSSR count). The van der Waals surface area contributed by atoms with Gasteiger partial charge in [-0.15, -0.1) is 0 Å². The summed E-state index contributed by atoms with van der Waals surface area (Å²) in [4.78, 5) is 23.9. The first-order chi connectivity index (χ1) is 8.49. The Balaban J connectivity index is 2.19. The Kier molecular flexibility index (Phi) is 3.87. The summed E-state index contributed by atoms with van der Waals surface area (Å²) in [6.07, 6.45) is 3.85. The number of hydrogen-bond acceptors (Lipinski definition) is 3. The van der Waals surface area contributed by atoms with Gasteiger partial charge in [0.05, 0.1) is 16.5 Å². The van der Waals surface area contributed by atoms with Crippen LogP contribution < -0.4 is 10.7 Å². The van der Waals surface area contributed by atoms with Gasteiger partial charge in [-0.2, -0.15) is 0 Å². The number of carbonyl (C=O) groups is 1. The number of anilines is 1. The van der Waals surface area contributed by atoms with Crippen molar-refractivity contribution in [2.75, 3.05) is 11.9 Å². The van der Waals surface area contributed by atoms with Gasteiger partial charge in [-0.25, -0.2) is 0 Å². The van der Waals surface area contributed by atoms with E-state index in [0.29, 0.717) is 17.5 Å². The zero-order valence-corrected chi connectivity index (χ0v) is 11.9. The molecule has 1 fully saturated rings. The van der Waals surface area contributed by atoms with Crippen LogP contribution in [0.1, 0.15) is 13.3 Å².